The number of hydrogen-bond acceptors (Lipinski definition) is 0. The maximum absolute atomic E-state index is 2.48. The van der Waals surface area contributed by atoms with E-state index in [1.807, 2.05) is 0 Å². The van der Waals surface area contributed by atoms with Crippen LogP contribution < -0.4 is 0 Å². The van der Waals surface area contributed by atoms with E-state index in [1.165, 1.54) is 12.8 Å². The Balaban J connectivity index is 2.61. The van der Waals surface area contributed by atoms with Crippen molar-refractivity contribution in [2.45, 2.75) is 40.5 Å². The monoisotopic (exact) mass is 224 g/mol. The lowest BCUT2D eigenvalue weighted by atomic mass is 9.67. The molecule has 0 aromatic rings. The van der Waals surface area contributed by atoms with E-state index in [0.717, 1.165) is 0 Å². The van der Waals surface area contributed by atoms with E-state index in [1.54, 1.807) is 10.5 Å². The summed E-state index contributed by atoms with van der Waals surface area (Å²) in [6.45, 7) is 9.67. The summed E-state index contributed by atoms with van der Waals surface area (Å²) in [4.78, 5) is 1.77. The van der Waals surface area contributed by atoms with Gasteiger partial charge < -0.3 is 0 Å². The fourth-order valence-electron chi connectivity index (χ4n) is 3.15. The number of hydrogen-bond donors (Lipinski definition) is 0. The second-order valence-electron chi connectivity index (χ2n) is 6.72. The Kier molecular flexibility index (Phi) is 2.22. The van der Waals surface area contributed by atoms with Crippen molar-refractivity contribution in [2.75, 3.05) is 12.5 Å². The largest absolute Gasteiger partial charge is 0.203 e. The molecule has 2 aliphatic rings. The average Bonchev–Trinajstić information content (AvgIpc) is 2.38. The zero-order chi connectivity index (χ0) is 11.5. The molecule has 0 aromatic heterocycles. The van der Waals surface area contributed by atoms with Crippen LogP contribution in [0.5, 0.6) is 0 Å². The summed E-state index contributed by atoms with van der Waals surface area (Å²) < 4.78 is 0. The van der Waals surface area contributed by atoms with Crippen LogP contribution in [-0.2, 0) is 0 Å². The summed E-state index contributed by atoms with van der Waals surface area (Å²) in [7, 11) is -0.627. The van der Waals surface area contributed by atoms with E-state index in [4.69, 9.17) is 0 Å². The highest BCUT2D eigenvalue weighted by atomic mass is 32.3. The molecule has 0 saturated carbocycles. The van der Waals surface area contributed by atoms with Gasteiger partial charge in [0.2, 0.25) is 0 Å². The maximum atomic E-state index is 2.48. The van der Waals surface area contributed by atoms with Crippen LogP contribution in [0.3, 0.4) is 0 Å². The van der Waals surface area contributed by atoms with E-state index in [9.17, 15) is 0 Å². The van der Waals surface area contributed by atoms with Gasteiger partial charge in [-0.25, -0.2) is 10.0 Å². The van der Waals surface area contributed by atoms with Crippen molar-refractivity contribution in [2.24, 2.45) is 10.8 Å². The first-order valence-corrected chi connectivity index (χ1v) is 8.35. The molecule has 1 heterocycles. The van der Waals surface area contributed by atoms with Crippen LogP contribution in [0.2, 0.25) is 0 Å². The third-order valence-corrected chi connectivity index (χ3v) is 6.71. The zero-order valence-corrected chi connectivity index (χ0v) is 11.8. The van der Waals surface area contributed by atoms with E-state index >= 15 is 0 Å². The normalized spacial score (nSPS) is 32.7. The minimum Gasteiger partial charge on any atom is -0.203 e. The van der Waals surface area contributed by atoms with Gasteiger partial charge in [0.25, 0.3) is 0 Å². The molecule has 0 radical (unpaired) electrons. The Morgan fingerprint density at radius 1 is 1.00 bits per heavy atom. The molecule has 0 saturated heterocycles. The highest BCUT2D eigenvalue weighted by molar-refractivity contribution is 8.38. The van der Waals surface area contributed by atoms with Crippen LogP contribution in [0.15, 0.2) is 22.0 Å². The van der Waals surface area contributed by atoms with Crippen LogP contribution >= 0.6 is 10.0 Å². The Hall–Kier alpha value is -0.170. The maximum Gasteiger partial charge on any atom is -0.00525 e. The summed E-state index contributed by atoms with van der Waals surface area (Å²) in [5, 5.41) is 2.48. The summed E-state index contributed by atoms with van der Waals surface area (Å²) in [5.41, 5.74) is 2.48. The molecule has 0 bridgehead atoms. The first-order chi connectivity index (χ1) is 6.67. The van der Waals surface area contributed by atoms with Gasteiger partial charge in [-0.2, -0.15) is 0 Å². The van der Waals surface area contributed by atoms with Crippen molar-refractivity contribution in [3.05, 3.63) is 22.0 Å². The number of allylic oxidation sites excluding steroid dienone is 3. The Morgan fingerprint density at radius 3 is 2.07 bits per heavy atom. The van der Waals surface area contributed by atoms with E-state index in [-0.39, 0.29) is 0 Å². The van der Waals surface area contributed by atoms with Crippen LogP contribution in [-0.4, -0.2) is 12.5 Å². The second kappa shape index (κ2) is 2.94. The van der Waals surface area contributed by atoms with E-state index < -0.39 is 10.0 Å². The molecule has 0 atom stereocenters. The van der Waals surface area contributed by atoms with Gasteiger partial charge in [-0.15, -0.1) is 0 Å². The van der Waals surface area contributed by atoms with Gasteiger partial charge in [-0.05, 0) is 52.1 Å². The smallest absolute Gasteiger partial charge is 0.00525 e. The lowest BCUT2D eigenvalue weighted by Gasteiger charge is -2.46. The molecule has 0 unspecified atom stereocenters. The van der Waals surface area contributed by atoms with E-state index in [0.29, 0.717) is 10.8 Å². The summed E-state index contributed by atoms with van der Waals surface area (Å²) in [5.74, 6) is 0. The quantitative estimate of drug-likeness (QED) is 0.560. The van der Waals surface area contributed by atoms with Crippen LogP contribution in [0, 0.1) is 10.8 Å². The Bertz CT molecular complexity index is 354. The molecule has 0 nitrogen and oxygen atoms in total. The Morgan fingerprint density at radius 2 is 1.53 bits per heavy atom. The second-order valence-corrected chi connectivity index (χ2v) is 10.2. The van der Waals surface area contributed by atoms with Gasteiger partial charge in [0.1, 0.15) is 0 Å². The van der Waals surface area contributed by atoms with Crippen molar-refractivity contribution in [3.8, 4) is 0 Å². The van der Waals surface area contributed by atoms with Gasteiger partial charge in [-0.3, -0.25) is 0 Å². The molecule has 0 N–H and O–H groups in total. The first kappa shape index (κ1) is 11.3. The molecular formula is C14H24S. The lowest BCUT2D eigenvalue weighted by molar-refractivity contribution is 0.281. The van der Waals surface area contributed by atoms with Crippen molar-refractivity contribution in [3.63, 3.8) is 0 Å². The molecule has 15 heavy (non-hydrogen) atoms. The lowest BCUT2D eigenvalue weighted by Crippen LogP contribution is -2.30. The average molecular weight is 224 g/mol. The number of rotatable bonds is 0. The molecule has 0 fully saturated rings. The van der Waals surface area contributed by atoms with Crippen LogP contribution in [0.1, 0.15) is 40.5 Å². The fraction of sp³-hybridized carbons (Fsp3) is 0.714. The molecule has 2 rings (SSSR count). The van der Waals surface area contributed by atoms with Gasteiger partial charge in [0.05, 0.1) is 0 Å². The topological polar surface area (TPSA) is 0 Å². The van der Waals surface area contributed by atoms with Gasteiger partial charge >= 0.3 is 0 Å². The molecule has 1 aliphatic carbocycles. The molecule has 86 valence electrons. The molecule has 0 amide bonds. The molecule has 1 aliphatic heterocycles. The predicted molar refractivity (Wildman–Crippen MR) is 72.4 cm³/mol. The van der Waals surface area contributed by atoms with Gasteiger partial charge in [-0.1, -0.05) is 33.8 Å². The molecular weight excluding hydrogens is 200 g/mol. The highest BCUT2D eigenvalue weighted by Crippen LogP contribution is 2.68. The summed E-state index contributed by atoms with van der Waals surface area (Å²) in [6, 6.07) is 0. The zero-order valence-electron chi connectivity index (χ0n) is 11.0. The summed E-state index contributed by atoms with van der Waals surface area (Å²) >= 11 is 0. The standard InChI is InChI=1S/C14H24S/c1-13(2)8-9-14(3,4)12-11(13)7-10-15(12,5)6/h7,10H,8-9H2,1-6H3. The van der Waals surface area contributed by atoms with Crippen molar-refractivity contribution in [1.29, 1.82) is 0 Å². The summed E-state index contributed by atoms with van der Waals surface area (Å²) in [6.07, 6.45) is 9.98. The van der Waals surface area contributed by atoms with Crippen molar-refractivity contribution < 1.29 is 0 Å². The third-order valence-electron chi connectivity index (χ3n) is 4.06. The highest BCUT2D eigenvalue weighted by Gasteiger charge is 2.44. The first-order valence-electron chi connectivity index (χ1n) is 5.84. The van der Waals surface area contributed by atoms with Crippen molar-refractivity contribution in [1.82, 2.24) is 0 Å². The predicted octanol–water partition coefficient (Wildman–Crippen LogP) is 4.68. The fourth-order valence-corrected chi connectivity index (χ4v) is 6.20. The SMILES string of the molecule is CC1(C)CCC(C)(C)C2=C1C=CS2(C)C. The Labute approximate surface area is 96.2 Å². The minimum absolute atomic E-state index is 0.405. The van der Waals surface area contributed by atoms with Gasteiger partial charge in [0.15, 0.2) is 0 Å². The molecule has 0 aromatic carbocycles. The molecule has 0 spiro atoms. The van der Waals surface area contributed by atoms with Gasteiger partial charge in [0, 0.05) is 0 Å². The third kappa shape index (κ3) is 1.60. The van der Waals surface area contributed by atoms with Crippen LogP contribution in [0.25, 0.3) is 0 Å². The van der Waals surface area contributed by atoms with E-state index in [2.05, 4.69) is 51.7 Å². The van der Waals surface area contributed by atoms with Crippen LogP contribution in [0.4, 0.5) is 0 Å². The minimum atomic E-state index is -0.627. The van der Waals surface area contributed by atoms with Crippen molar-refractivity contribution >= 4 is 10.0 Å². The molecule has 1 heteroatoms.